The summed E-state index contributed by atoms with van der Waals surface area (Å²) in [4.78, 5) is 13.0. The average Bonchev–Trinajstić information content (AvgIpc) is 3.18. The Morgan fingerprint density at radius 3 is 2.40 bits per heavy atom. The third-order valence-electron chi connectivity index (χ3n) is 5.78. The zero-order valence-electron chi connectivity index (χ0n) is 17.3. The maximum Gasteiger partial charge on any atom is 0.255 e. The molecule has 0 saturated heterocycles. The molecule has 0 fully saturated rings. The van der Waals surface area contributed by atoms with Crippen molar-refractivity contribution in [1.29, 1.82) is 0 Å². The number of anilines is 1. The number of nitrogens with one attached hydrogen (secondary N) is 1. The molecule has 30 heavy (non-hydrogen) atoms. The highest BCUT2D eigenvalue weighted by Gasteiger charge is 2.21. The van der Waals surface area contributed by atoms with Crippen molar-refractivity contribution in [1.82, 2.24) is 4.31 Å². The van der Waals surface area contributed by atoms with Crippen LogP contribution in [0, 0.1) is 0 Å². The fraction of sp³-hybridized carbons (Fsp3) is 0.292. The van der Waals surface area contributed by atoms with Gasteiger partial charge in [-0.3, -0.25) is 4.79 Å². The zero-order valence-corrected chi connectivity index (χ0v) is 18.1. The molecule has 0 unspecified atom stereocenters. The van der Waals surface area contributed by atoms with E-state index in [9.17, 15) is 13.2 Å². The predicted molar refractivity (Wildman–Crippen MR) is 120 cm³/mol. The predicted octanol–water partition coefficient (Wildman–Crippen LogP) is 4.61. The number of benzene rings is 3. The number of hydrogen-bond donors (Lipinski definition) is 1. The fourth-order valence-electron chi connectivity index (χ4n) is 4.01. The molecule has 0 spiro atoms. The second-order valence-corrected chi connectivity index (χ2v) is 9.82. The molecule has 4 rings (SSSR count). The van der Waals surface area contributed by atoms with E-state index in [4.69, 9.17) is 0 Å². The number of rotatable bonds is 7. The van der Waals surface area contributed by atoms with Gasteiger partial charge in [-0.25, -0.2) is 12.7 Å². The van der Waals surface area contributed by atoms with Crippen LogP contribution in [-0.2, 0) is 22.9 Å². The van der Waals surface area contributed by atoms with Crippen molar-refractivity contribution < 1.29 is 13.2 Å². The molecular weight excluding hydrogens is 396 g/mol. The second-order valence-electron chi connectivity index (χ2n) is 7.77. The lowest BCUT2D eigenvalue weighted by atomic mass is 10.0. The van der Waals surface area contributed by atoms with Crippen LogP contribution < -0.4 is 5.32 Å². The molecule has 1 aliphatic carbocycles. The molecule has 0 aliphatic heterocycles. The Kier molecular flexibility index (Phi) is 5.62. The lowest BCUT2D eigenvalue weighted by Crippen LogP contribution is -2.28. The monoisotopic (exact) mass is 422 g/mol. The van der Waals surface area contributed by atoms with Crippen LogP contribution >= 0.6 is 0 Å². The summed E-state index contributed by atoms with van der Waals surface area (Å²) < 4.78 is 26.7. The van der Waals surface area contributed by atoms with Crippen LogP contribution in [0.3, 0.4) is 0 Å². The summed E-state index contributed by atoms with van der Waals surface area (Å²) in [7, 11) is -1.96. The van der Waals surface area contributed by atoms with Gasteiger partial charge in [-0.1, -0.05) is 37.6 Å². The molecular formula is C24H26N2O3S. The third kappa shape index (κ3) is 3.73. The van der Waals surface area contributed by atoms with Crippen LogP contribution in [0.25, 0.3) is 10.8 Å². The van der Waals surface area contributed by atoms with E-state index in [-0.39, 0.29) is 10.8 Å². The van der Waals surface area contributed by atoms with Crippen molar-refractivity contribution in [2.24, 2.45) is 0 Å². The Balaban J connectivity index is 1.55. The quantitative estimate of drug-likeness (QED) is 0.605. The van der Waals surface area contributed by atoms with E-state index < -0.39 is 10.0 Å². The average molecular weight is 423 g/mol. The van der Waals surface area contributed by atoms with E-state index in [2.05, 4.69) is 17.4 Å². The van der Waals surface area contributed by atoms with Crippen LogP contribution in [0.4, 0.5) is 5.69 Å². The van der Waals surface area contributed by atoms with Crippen LogP contribution in [-0.4, -0.2) is 32.2 Å². The molecule has 0 bridgehead atoms. The van der Waals surface area contributed by atoms with Gasteiger partial charge in [-0.05, 0) is 66.1 Å². The van der Waals surface area contributed by atoms with Crippen molar-refractivity contribution in [2.45, 2.75) is 37.5 Å². The van der Waals surface area contributed by atoms with Crippen LogP contribution in [0.5, 0.6) is 0 Å². The zero-order chi connectivity index (χ0) is 21.3. The van der Waals surface area contributed by atoms with Crippen molar-refractivity contribution in [3.05, 3.63) is 71.3 Å². The standard InChI is InChI=1S/C24H26N2O3S/c1-3-4-16-26(2)30(28,29)20-13-10-19(11-14-20)24(27)25-22-15-12-18-9-8-17-6-5-7-21(22)23(17)18/h5-7,10-15H,3-4,8-9,16H2,1-2H3,(H,25,27). The van der Waals surface area contributed by atoms with E-state index in [1.165, 1.54) is 33.0 Å². The molecule has 0 saturated carbocycles. The van der Waals surface area contributed by atoms with Gasteiger partial charge in [0.1, 0.15) is 0 Å². The highest BCUT2D eigenvalue weighted by Crippen LogP contribution is 2.35. The molecule has 0 aromatic heterocycles. The first-order valence-electron chi connectivity index (χ1n) is 10.3. The van der Waals surface area contributed by atoms with Crippen LogP contribution in [0.15, 0.2) is 59.5 Å². The van der Waals surface area contributed by atoms with Gasteiger partial charge in [-0.2, -0.15) is 0 Å². The highest BCUT2D eigenvalue weighted by atomic mass is 32.2. The Labute approximate surface area is 177 Å². The summed E-state index contributed by atoms with van der Waals surface area (Å²) in [5, 5.41) is 5.28. The lowest BCUT2D eigenvalue weighted by molar-refractivity contribution is 0.102. The SMILES string of the molecule is CCCCN(C)S(=O)(=O)c1ccc(C(=O)Nc2ccc3c4c(cccc24)CC3)cc1. The lowest BCUT2D eigenvalue weighted by Gasteiger charge is -2.17. The Bertz CT molecular complexity index is 1190. The summed E-state index contributed by atoms with van der Waals surface area (Å²) in [6.45, 7) is 2.50. The first-order valence-corrected chi connectivity index (χ1v) is 11.8. The van der Waals surface area contributed by atoms with E-state index in [0.29, 0.717) is 12.1 Å². The minimum absolute atomic E-state index is 0.197. The van der Waals surface area contributed by atoms with Crippen molar-refractivity contribution in [2.75, 3.05) is 18.9 Å². The summed E-state index contributed by atoms with van der Waals surface area (Å²) >= 11 is 0. The normalized spacial score (nSPS) is 13.2. The van der Waals surface area contributed by atoms with E-state index >= 15 is 0 Å². The maximum absolute atomic E-state index is 12.8. The van der Waals surface area contributed by atoms with Crippen molar-refractivity contribution >= 4 is 32.4 Å². The number of sulfonamides is 1. The number of unbranched alkanes of at least 4 members (excludes halogenated alkanes) is 1. The Morgan fingerprint density at radius 2 is 1.70 bits per heavy atom. The van der Waals surface area contributed by atoms with E-state index in [1.54, 1.807) is 19.2 Å². The van der Waals surface area contributed by atoms with Gasteiger partial charge in [-0.15, -0.1) is 0 Å². The summed E-state index contributed by atoms with van der Waals surface area (Å²) in [6.07, 6.45) is 3.81. The van der Waals surface area contributed by atoms with Crippen molar-refractivity contribution in [3.8, 4) is 0 Å². The third-order valence-corrected chi connectivity index (χ3v) is 7.65. The molecule has 156 valence electrons. The number of carbonyl (C=O) groups excluding carboxylic acids is 1. The largest absolute Gasteiger partial charge is 0.321 e. The van der Waals surface area contributed by atoms with Gasteiger partial charge in [0.2, 0.25) is 10.0 Å². The first-order chi connectivity index (χ1) is 14.4. The van der Waals surface area contributed by atoms with Gasteiger partial charge >= 0.3 is 0 Å². The van der Waals surface area contributed by atoms with Gasteiger partial charge in [0.25, 0.3) is 5.91 Å². The smallest absolute Gasteiger partial charge is 0.255 e. The summed E-state index contributed by atoms with van der Waals surface area (Å²) in [5.41, 5.74) is 3.84. The number of aryl methyl sites for hydroxylation is 2. The molecule has 6 heteroatoms. The Hall–Kier alpha value is -2.70. The Morgan fingerprint density at radius 1 is 1.00 bits per heavy atom. The van der Waals surface area contributed by atoms with Crippen LogP contribution in [0.2, 0.25) is 0 Å². The fourth-order valence-corrected chi connectivity index (χ4v) is 5.22. The number of nitrogens with zero attached hydrogens (tertiary/aromatic N) is 1. The summed E-state index contributed by atoms with van der Waals surface area (Å²) in [5.74, 6) is -0.253. The molecule has 3 aromatic rings. The number of hydrogen-bond acceptors (Lipinski definition) is 3. The van der Waals surface area contributed by atoms with E-state index in [0.717, 1.165) is 36.8 Å². The molecule has 0 heterocycles. The highest BCUT2D eigenvalue weighted by molar-refractivity contribution is 7.89. The van der Waals surface area contributed by atoms with Gasteiger partial charge in [0.15, 0.2) is 0 Å². The minimum Gasteiger partial charge on any atom is -0.321 e. The first kappa shape index (κ1) is 20.6. The number of amides is 1. The molecule has 1 aliphatic rings. The van der Waals surface area contributed by atoms with E-state index in [1.807, 2.05) is 25.1 Å². The molecule has 3 aromatic carbocycles. The molecule has 0 radical (unpaired) electrons. The molecule has 1 amide bonds. The topological polar surface area (TPSA) is 66.5 Å². The minimum atomic E-state index is -3.54. The molecule has 5 nitrogen and oxygen atoms in total. The second kappa shape index (κ2) is 8.20. The van der Waals surface area contributed by atoms with Gasteiger partial charge < -0.3 is 5.32 Å². The number of carbonyl (C=O) groups is 1. The molecule has 0 atom stereocenters. The maximum atomic E-state index is 12.8. The van der Waals surface area contributed by atoms with Gasteiger partial charge in [0, 0.05) is 30.2 Å². The van der Waals surface area contributed by atoms with Crippen LogP contribution in [0.1, 0.15) is 41.3 Å². The van der Waals surface area contributed by atoms with Gasteiger partial charge in [0.05, 0.1) is 4.90 Å². The summed E-state index contributed by atoms with van der Waals surface area (Å²) in [6, 6.07) is 16.4. The molecule has 1 N–H and O–H groups in total. The van der Waals surface area contributed by atoms with Crippen molar-refractivity contribution in [3.63, 3.8) is 0 Å².